The number of hydrogen-bond donors (Lipinski definition) is 1. The average molecular weight is 313 g/mol. The maximum atomic E-state index is 12.7. The Morgan fingerprint density at radius 1 is 1.43 bits per heavy atom. The van der Waals surface area contributed by atoms with E-state index in [0.717, 1.165) is 25.9 Å². The summed E-state index contributed by atoms with van der Waals surface area (Å²) in [6.07, 6.45) is 1.89. The van der Waals surface area contributed by atoms with Crippen molar-refractivity contribution in [3.63, 3.8) is 0 Å². The number of anilines is 1. The predicted octanol–water partition coefficient (Wildman–Crippen LogP) is 0.992. The molecule has 1 aromatic rings. The summed E-state index contributed by atoms with van der Waals surface area (Å²) in [5, 5.41) is 0. The summed E-state index contributed by atoms with van der Waals surface area (Å²) in [7, 11) is 1.62. The molecule has 1 heterocycles. The zero-order valence-corrected chi connectivity index (χ0v) is 13.6. The Morgan fingerprint density at radius 2 is 2.14 bits per heavy atom. The van der Waals surface area contributed by atoms with Gasteiger partial charge in [0.2, 0.25) is 10.0 Å². The van der Waals surface area contributed by atoms with Crippen LogP contribution in [0.25, 0.3) is 0 Å². The molecule has 0 bridgehead atoms. The van der Waals surface area contributed by atoms with Crippen LogP contribution in [-0.4, -0.2) is 58.0 Å². The maximum absolute atomic E-state index is 12.7. The van der Waals surface area contributed by atoms with Gasteiger partial charge >= 0.3 is 0 Å². The van der Waals surface area contributed by atoms with E-state index < -0.39 is 10.0 Å². The van der Waals surface area contributed by atoms with Gasteiger partial charge in [-0.1, -0.05) is 0 Å². The first-order valence-corrected chi connectivity index (χ1v) is 8.40. The molecule has 21 heavy (non-hydrogen) atoms. The largest absolute Gasteiger partial charge is 0.495 e. The first kappa shape index (κ1) is 16.1. The SMILES string of the molecule is COc1ccc(S(=O)(=O)N(C)C2CCCN(C)C2)cc1N. The molecule has 0 aliphatic carbocycles. The van der Waals surface area contributed by atoms with Crippen molar-refractivity contribution in [1.29, 1.82) is 0 Å². The smallest absolute Gasteiger partial charge is 0.243 e. The molecule has 1 unspecified atom stereocenters. The van der Waals surface area contributed by atoms with Crippen LogP contribution in [-0.2, 0) is 10.0 Å². The molecule has 0 aromatic heterocycles. The maximum Gasteiger partial charge on any atom is 0.243 e. The van der Waals surface area contributed by atoms with Crippen LogP contribution in [0.5, 0.6) is 5.75 Å². The zero-order chi connectivity index (χ0) is 15.6. The van der Waals surface area contributed by atoms with Gasteiger partial charge in [-0.05, 0) is 44.6 Å². The fourth-order valence-electron chi connectivity index (χ4n) is 2.67. The van der Waals surface area contributed by atoms with Crippen LogP contribution in [0.15, 0.2) is 23.1 Å². The highest BCUT2D eigenvalue weighted by Crippen LogP contribution is 2.27. The molecule has 0 spiro atoms. The van der Waals surface area contributed by atoms with Crippen molar-refractivity contribution >= 4 is 15.7 Å². The Hall–Kier alpha value is -1.31. The van der Waals surface area contributed by atoms with Crippen LogP contribution < -0.4 is 10.5 Å². The summed E-state index contributed by atoms with van der Waals surface area (Å²) in [5.74, 6) is 0.481. The topological polar surface area (TPSA) is 75.9 Å². The number of rotatable bonds is 4. The van der Waals surface area contributed by atoms with E-state index in [1.165, 1.54) is 23.5 Å². The van der Waals surface area contributed by atoms with Crippen molar-refractivity contribution in [1.82, 2.24) is 9.21 Å². The number of likely N-dealkylation sites (tertiary alicyclic amines) is 1. The molecule has 1 aliphatic rings. The highest BCUT2D eigenvalue weighted by Gasteiger charge is 2.30. The predicted molar refractivity (Wildman–Crippen MR) is 82.9 cm³/mol. The second kappa shape index (κ2) is 6.21. The van der Waals surface area contributed by atoms with Gasteiger partial charge in [-0.15, -0.1) is 0 Å². The van der Waals surface area contributed by atoms with Crippen LogP contribution in [0.2, 0.25) is 0 Å². The van der Waals surface area contributed by atoms with Gasteiger partial charge in [0.15, 0.2) is 0 Å². The summed E-state index contributed by atoms with van der Waals surface area (Å²) >= 11 is 0. The number of methoxy groups -OCH3 is 1. The molecule has 0 saturated carbocycles. The lowest BCUT2D eigenvalue weighted by molar-refractivity contribution is 0.187. The Morgan fingerprint density at radius 3 is 2.71 bits per heavy atom. The number of sulfonamides is 1. The summed E-state index contributed by atoms with van der Waals surface area (Å²) in [6, 6.07) is 4.57. The van der Waals surface area contributed by atoms with Gasteiger partial charge in [-0.25, -0.2) is 8.42 Å². The molecule has 1 atom stereocenters. The normalized spacial score (nSPS) is 20.7. The average Bonchev–Trinajstić information content (AvgIpc) is 2.46. The highest BCUT2D eigenvalue weighted by atomic mass is 32.2. The molecular formula is C14H23N3O3S. The molecule has 1 aromatic carbocycles. The lowest BCUT2D eigenvalue weighted by Crippen LogP contribution is -2.47. The molecule has 7 heteroatoms. The lowest BCUT2D eigenvalue weighted by Gasteiger charge is -2.35. The second-order valence-corrected chi connectivity index (χ2v) is 7.48. The molecule has 1 aliphatic heterocycles. The van der Waals surface area contributed by atoms with E-state index >= 15 is 0 Å². The molecule has 0 radical (unpaired) electrons. The number of hydrogen-bond acceptors (Lipinski definition) is 5. The molecule has 1 saturated heterocycles. The van der Waals surface area contributed by atoms with Crippen LogP contribution in [0.3, 0.4) is 0 Å². The molecule has 6 nitrogen and oxygen atoms in total. The van der Waals surface area contributed by atoms with E-state index in [9.17, 15) is 8.42 Å². The monoisotopic (exact) mass is 313 g/mol. The first-order valence-electron chi connectivity index (χ1n) is 6.96. The number of benzene rings is 1. The van der Waals surface area contributed by atoms with Gasteiger partial charge < -0.3 is 15.4 Å². The molecular weight excluding hydrogens is 290 g/mol. The molecule has 2 rings (SSSR count). The summed E-state index contributed by atoms with van der Waals surface area (Å²) in [6.45, 7) is 1.77. The van der Waals surface area contributed by atoms with Gasteiger partial charge in [-0.2, -0.15) is 4.31 Å². The van der Waals surface area contributed by atoms with Gasteiger partial charge in [-0.3, -0.25) is 0 Å². The van der Waals surface area contributed by atoms with Crippen LogP contribution in [0, 0.1) is 0 Å². The van der Waals surface area contributed by atoms with E-state index in [1.807, 2.05) is 7.05 Å². The Bertz CT molecular complexity index is 603. The van der Waals surface area contributed by atoms with E-state index in [0.29, 0.717) is 11.4 Å². The zero-order valence-electron chi connectivity index (χ0n) is 12.7. The fourth-order valence-corrected chi connectivity index (χ4v) is 4.08. The first-order chi connectivity index (χ1) is 9.86. The summed E-state index contributed by atoms with van der Waals surface area (Å²) in [4.78, 5) is 2.36. The summed E-state index contributed by atoms with van der Waals surface area (Å²) in [5.41, 5.74) is 6.14. The van der Waals surface area contributed by atoms with Gasteiger partial charge in [0.05, 0.1) is 17.7 Å². The minimum absolute atomic E-state index is 0.00271. The third-order valence-electron chi connectivity index (χ3n) is 3.99. The Labute approximate surface area is 126 Å². The van der Waals surface area contributed by atoms with Crippen molar-refractivity contribution in [2.45, 2.75) is 23.8 Å². The number of piperidine rings is 1. The third kappa shape index (κ3) is 3.30. The molecule has 118 valence electrons. The number of nitrogen functional groups attached to an aromatic ring is 1. The second-order valence-electron chi connectivity index (χ2n) is 5.48. The van der Waals surface area contributed by atoms with Gasteiger partial charge in [0.25, 0.3) is 0 Å². The van der Waals surface area contributed by atoms with Crippen LogP contribution in [0.1, 0.15) is 12.8 Å². The number of nitrogens with two attached hydrogens (primary N) is 1. The van der Waals surface area contributed by atoms with Crippen molar-refractivity contribution in [2.75, 3.05) is 40.0 Å². The molecule has 0 amide bonds. The van der Waals surface area contributed by atoms with Crippen LogP contribution >= 0.6 is 0 Å². The lowest BCUT2D eigenvalue weighted by atomic mass is 10.1. The van der Waals surface area contributed by atoms with E-state index in [-0.39, 0.29) is 10.9 Å². The fraction of sp³-hybridized carbons (Fsp3) is 0.571. The van der Waals surface area contributed by atoms with Crippen LogP contribution in [0.4, 0.5) is 5.69 Å². The number of nitrogens with zero attached hydrogens (tertiary/aromatic N) is 2. The van der Waals surface area contributed by atoms with E-state index in [4.69, 9.17) is 10.5 Å². The van der Waals surface area contributed by atoms with Gasteiger partial charge in [0, 0.05) is 19.6 Å². The molecule has 1 fully saturated rings. The summed E-state index contributed by atoms with van der Waals surface area (Å²) < 4.78 is 31.9. The minimum Gasteiger partial charge on any atom is -0.495 e. The third-order valence-corrected chi connectivity index (χ3v) is 5.90. The van der Waals surface area contributed by atoms with Crippen molar-refractivity contribution < 1.29 is 13.2 Å². The highest BCUT2D eigenvalue weighted by molar-refractivity contribution is 7.89. The minimum atomic E-state index is -3.54. The Balaban J connectivity index is 2.26. The van der Waals surface area contributed by atoms with Gasteiger partial charge in [0.1, 0.15) is 5.75 Å². The van der Waals surface area contributed by atoms with Crippen molar-refractivity contribution in [3.05, 3.63) is 18.2 Å². The van der Waals surface area contributed by atoms with E-state index in [1.54, 1.807) is 13.1 Å². The van der Waals surface area contributed by atoms with E-state index in [2.05, 4.69) is 4.90 Å². The number of ether oxygens (including phenoxy) is 1. The standard InChI is InChI=1S/C14H23N3O3S/c1-16-8-4-5-11(10-16)17(2)21(18,19)12-6-7-14(20-3)13(15)9-12/h6-7,9,11H,4-5,8,10,15H2,1-3H3. The Kier molecular flexibility index (Phi) is 4.75. The van der Waals surface area contributed by atoms with Crippen molar-refractivity contribution in [3.8, 4) is 5.75 Å². The number of likely N-dealkylation sites (N-methyl/N-ethyl adjacent to an activating group) is 2. The quantitative estimate of drug-likeness (QED) is 0.839. The van der Waals surface area contributed by atoms with Crippen molar-refractivity contribution in [2.24, 2.45) is 0 Å². The molecule has 2 N–H and O–H groups in total.